The molecule has 1 aliphatic rings. The fourth-order valence-corrected chi connectivity index (χ4v) is 5.34. The highest BCUT2D eigenvalue weighted by Gasteiger charge is 2.35. The number of benzene rings is 2. The molecule has 0 aromatic heterocycles. The lowest BCUT2D eigenvalue weighted by molar-refractivity contribution is -0.139. The van der Waals surface area contributed by atoms with Crippen LogP contribution in [0.15, 0.2) is 53.4 Å². The molecule has 0 aliphatic carbocycles. The minimum absolute atomic E-state index is 0.0918. The molecule has 0 bridgehead atoms. The van der Waals surface area contributed by atoms with E-state index in [0.717, 1.165) is 11.1 Å². The van der Waals surface area contributed by atoms with Crippen molar-refractivity contribution in [1.82, 2.24) is 14.9 Å². The molecule has 31 heavy (non-hydrogen) atoms. The van der Waals surface area contributed by atoms with E-state index in [1.807, 2.05) is 19.1 Å². The van der Waals surface area contributed by atoms with E-state index in [9.17, 15) is 18.0 Å². The molecule has 3 rings (SSSR count). The zero-order valence-corrected chi connectivity index (χ0v) is 18.9. The second kappa shape index (κ2) is 10.3. The predicted molar refractivity (Wildman–Crippen MR) is 119 cm³/mol. The molecule has 7 nitrogen and oxygen atoms in total. The van der Waals surface area contributed by atoms with Crippen molar-refractivity contribution >= 4 is 33.4 Å². The van der Waals surface area contributed by atoms with Crippen molar-refractivity contribution < 1.29 is 18.0 Å². The topological polar surface area (TPSA) is 95.6 Å². The molecule has 9 heteroatoms. The van der Waals surface area contributed by atoms with E-state index in [1.54, 1.807) is 36.4 Å². The molecule has 1 unspecified atom stereocenters. The number of hydrogen-bond acceptors (Lipinski definition) is 4. The van der Waals surface area contributed by atoms with Crippen LogP contribution in [0, 0.1) is 6.92 Å². The van der Waals surface area contributed by atoms with Gasteiger partial charge in [0.15, 0.2) is 0 Å². The predicted octanol–water partition coefficient (Wildman–Crippen LogP) is 2.28. The zero-order valence-electron chi connectivity index (χ0n) is 17.3. The van der Waals surface area contributed by atoms with Crippen LogP contribution in [-0.4, -0.2) is 50.2 Å². The van der Waals surface area contributed by atoms with Gasteiger partial charge in [0.2, 0.25) is 10.0 Å². The number of sulfonamides is 1. The molecule has 0 saturated carbocycles. The average molecular weight is 464 g/mol. The van der Waals surface area contributed by atoms with Gasteiger partial charge in [-0.3, -0.25) is 9.59 Å². The van der Waals surface area contributed by atoms with Gasteiger partial charge in [-0.1, -0.05) is 41.4 Å². The summed E-state index contributed by atoms with van der Waals surface area (Å²) in [6.07, 6.45) is 1.91. The number of hydrogen-bond donors (Lipinski definition) is 2. The highest BCUT2D eigenvalue weighted by atomic mass is 35.5. The lowest BCUT2D eigenvalue weighted by Gasteiger charge is -2.24. The third-order valence-corrected chi connectivity index (χ3v) is 7.49. The summed E-state index contributed by atoms with van der Waals surface area (Å²) in [5.74, 6) is -1.50. The van der Waals surface area contributed by atoms with Gasteiger partial charge in [-0.15, -0.1) is 0 Å². The summed E-state index contributed by atoms with van der Waals surface area (Å²) >= 11 is 5.84. The zero-order chi connectivity index (χ0) is 22.4. The van der Waals surface area contributed by atoms with Gasteiger partial charge in [-0.25, -0.2) is 8.42 Å². The molecule has 0 radical (unpaired) electrons. The van der Waals surface area contributed by atoms with Crippen molar-refractivity contribution in [2.45, 2.75) is 37.1 Å². The number of amides is 2. The van der Waals surface area contributed by atoms with E-state index < -0.39 is 21.8 Å². The second-order valence-electron chi connectivity index (χ2n) is 7.57. The second-order valence-corrected chi connectivity index (χ2v) is 9.89. The van der Waals surface area contributed by atoms with E-state index >= 15 is 0 Å². The Morgan fingerprint density at radius 3 is 2.35 bits per heavy atom. The molecular weight excluding hydrogens is 438 g/mol. The average Bonchev–Trinajstić information content (AvgIpc) is 3.23. The highest BCUT2D eigenvalue weighted by Crippen LogP contribution is 2.25. The first-order valence-corrected chi connectivity index (χ1v) is 12.0. The van der Waals surface area contributed by atoms with Crippen molar-refractivity contribution in [2.75, 3.05) is 19.6 Å². The van der Waals surface area contributed by atoms with Gasteiger partial charge < -0.3 is 10.6 Å². The van der Waals surface area contributed by atoms with Crippen molar-refractivity contribution in [3.8, 4) is 0 Å². The highest BCUT2D eigenvalue weighted by molar-refractivity contribution is 7.89. The first-order valence-electron chi connectivity index (χ1n) is 10.2. The third kappa shape index (κ3) is 6.06. The summed E-state index contributed by atoms with van der Waals surface area (Å²) < 4.78 is 27.3. The van der Waals surface area contributed by atoms with Crippen molar-refractivity contribution in [1.29, 1.82) is 0 Å². The minimum atomic E-state index is -3.65. The first kappa shape index (κ1) is 23.2. The van der Waals surface area contributed by atoms with Crippen LogP contribution in [0.3, 0.4) is 0 Å². The molecule has 2 N–H and O–H groups in total. The monoisotopic (exact) mass is 463 g/mol. The SMILES string of the molecule is Cc1ccc(S(=O)(=O)N2CCCC2CNC(=O)C(=O)NCCc2ccc(Cl)cc2)cc1. The minimum Gasteiger partial charge on any atom is -0.348 e. The van der Waals surface area contributed by atoms with Gasteiger partial charge in [0.25, 0.3) is 0 Å². The Kier molecular flexibility index (Phi) is 7.69. The Bertz CT molecular complexity index is 1020. The maximum absolute atomic E-state index is 13.0. The van der Waals surface area contributed by atoms with Gasteiger partial charge in [0.1, 0.15) is 0 Å². The Morgan fingerprint density at radius 2 is 1.68 bits per heavy atom. The van der Waals surface area contributed by atoms with Crippen molar-refractivity contribution in [3.05, 3.63) is 64.7 Å². The summed E-state index contributed by atoms with van der Waals surface area (Å²) in [5, 5.41) is 5.78. The molecular formula is C22H26ClN3O4S. The van der Waals surface area contributed by atoms with E-state index in [4.69, 9.17) is 11.6 Å². The van der Waals surface area contributed by atoms with Crippen molar-refractivity contribution in [2.24, 2.45) is 0 Å². The van der Waals surface area contributed by atoms with Crippen LogP contribution >= 0.6 is 11.6 Å². The number of carbonyl (C=O) groups excluding carboxylic acids is 2. The molecule has 1 aliphatic heterocycles. The maximum atomic E-state index is 13.0. The van der Waals surface area contributed by atoms with Crippen LogP contribution in [0.25, 0.3) is 0 Å². The summed E-state index contributed by atoms with van der Waals surface area (Å²) in [6.45, 7) is 2.69. The van der Waals surface area contributed by atoms with Crippen LogP contribution < -0.4 is 10.6 Å². The molecule has 1 atom stereocenters. The summed E-state index contributed by atoms with van der Waals surface area (Å²) in [5.41, 5.74) is 1.97. The number of nitrogens with zero attached hydrogens (tertiary/aromatic N) is 1. The van der Waals surface area contributed by atoms with E-state index in [0.29, 0.717) is 37.4 Å². The molecule has 2 aromatic carbocycles. The number of nitrogens with one attached hydrogen (secondary N) is 2. The van der Waals surface area contributed by atoms with Gasteiger partial charge in [0, 0.05) is 30.7 Å². The third-order valence-electron chi connectivity index (χ3n) is 5.27. The number of aryl methyl sites for hydroxylation is 1. The van der Waals surface area contributed by atoms with Gasteiger partial charge in [-0.05, 0) is 56.0 Å². The van der Waals surface area contributed by atoms with Gasteiger partial charge in [0.05, 0.1) is 4.90 Å². The van der Waals surface area contributed by atoms with Crippen molar-refractivity contribution in [3.63, 3.8) is 0 Å². The van der Waals surface area contributed by atoms with Crippen LogP contribution in [0.2, 0.25) is 5.02 Å². The fourth-order valence-electron chi connectivity index (χ4n) is 3.52. The number of halogens is 1. The Morgan fingerprint density at radius 1 is 1.03 bits per heavy atom. The first-order chi connectivity index (χ1) is 14.8. The summed E-state index contributed by atoms with van der Waals surface area (Å²) in [6, 6.07) is 13.6. The Balaban J connectivity index is 1.49. The van der Waals surface area contributed by atoms with E-state index in [-0.39, 0.29) is 17.5 Å². The maximum Gasteiger partial charge on any atom is 0.309 e. The normalized spacial score (nSPS) is 16.8. The van der Waals surface area contributed by atoms with Crippen LogP contribution in [0.4, 0.5) is 0 Å². The smallest absolute Gasteiger partial charge is 0.309 e. The lowest BCUT2D eigenvalue weighted by Crippen LogP contribution is -2.47. The van der Waals surface area contributed by atoms with Crippen LogP contribution in [-0.2, 0) is 26.0 Å². The Hall–Kier alpha value is -2.42. The largest absolute Gasteiger partial charge is 0.348 e. The molecule has 2 amide bonds. The van der Waals surface area contributed by atoms with Gasteiger partial charge >= 0.3 is 11.8 Å². The molecule has 0 spiro atoms. The number of carbonyl (C=O) groups is 2. The molecule has 1 fully saturated rings. The lowest BCUT2D eigenvalue weighted by atomic mass is 10.1. The van der Waals surface area contributed by atoms with Gasteiger partial charge in [-0.2, -0.15) is 4.31 Å². The molecule has 2 aromatic rings. The quantitative estimate of drug-likeness (QED) is 0.616. The standard InChI is InChI=1S/C22H26ClN3O4S/c1-16-4-10-20(11-5-16)31(29,30)26-14-2-3-19(26)15-25-22(28)21(27)24-13-12-17-6-8-18(23)9-7-17/h4-11,19H,2-3,12-15H2,1H3,(H,24,27)(H,25,28). The summed E-state index contributed by atoms with van der Waals surface area (Å²) in [7, 11) is -3.65. The van der Waals surface area contributed by atoms with E-state index in [1.165, 1.54) is 4.31 Å². The summed E-state index contributed by atoms with van der Waals surface area (Å²) in [4.78, 5) is 24.4. The molecule has 166 valence electrons. The fraction of sp³-hybridized carbons (Fsp3) is 0.364. The van der Waals surface area contributed by atoms with Crippen LogP contribution in [0.1, 0.15) is 24.0 Å². The number of rotatable bonds is 7. The Labute approximate surface area is 187 Å². The molecule has 1 heterocycles. The van der Waals surface area contributed by atoms with E-state index in [2.05, 4.69) is 10.6 Å². The van der Waals surface area contributed by atoms with Crippen LogP contribution in [0.5, 0.6) is 0 Å². The molecule has 1 saturated heterocycles.